The van der Waals surface area contributed by atoms with E-state index in [-0.39, 0.29) is 5.41 Å². The maximum Gasteiger partial charge on any atom is 0.129 e. The van der Waals surface area contributed by atoms with Crippen LogP contribution >= 0.6 is 0 Å². The fourth-order valence-electron chi connectivity index (χ4n) is 6.03. The second kappa shape index (κ2) is 6.32. The Bertz CT molecular complexity index is 1780. The van der Waals surface area contributed by atoms with E-state index >= 15 is 0 Å². The lowest BCUT2D eigenvalue weighted by atomic mass is 9.78. The molecule has 0 N–H and O–H groups in total. The first kappa shape index (κ1) is 18.6. The van der Waals surface area contributed by atoms with E-state index in [2.05, 4.69) is 92.7 Å². The lowest BCUT2D eigenvalue weighted by Crippen LogP contribution is -2.16. The molecule has 158 valence electrons. The molecule has 1 aliphatic rings. The lowest BCUT2D eigenvalue weighted by molar-refractivity contribution is 0.416. The summed E-state index contributed by atoms with van der Waals surface area (Å²) in [7, 11) is 1.77. The number of hydrogen-bond donors (Lipinski definition) is 0. The Morgan fingerprint density at radius 3 is 2.15 bits per heavy atom. The van der Waals surface area contributed by atoms with Crippen molar-refractivity contribution in [3.63, 3.8) is 0 Å². The molecule has 7 rings (SSSR count). The Morgan fingerprint density at radius 1 is 0.636 bits per heavy atom. The van der Waals surface area contributed by atoms with Gasteiger partial charge in [0, 0.05) is 22.6 Å². The molecule has 2 heteroatoms. The van der Waals surface area contributed by atoms with E-state index in [0.717, 1.165) is 17.0 Å². The third-order valence-corrected chi connectivity index (χ3v) is 7.48. The predicted octanol–water partition coefficient (Wildman–Crippen LogP) is 8.01. The van der Waals surface area contributed by atoms with Crippen molar-refractivity contribution in [2.75, 3.05) is 7.11 Å². The summed E-state index contributed by atoms with van der Waals surface area (Å²) in [6.07, 6.45) is 2.02. The molecule has 0 radical (unpaired) electrons. The first-order valence-electron chi connectivity index (χ1n) is 11.4. The maximum absolute atomic E-state index is 6.01. The van der Waals surface area contributed by atoms with Crippen LogP contribution < -0.4 is 4.74 Å². The van der Waals surface area contributed by atoms with Crippen LogP contribution in [0.25, 0.3) is 54.3 Å². The Morgan fingerprint density at radius 2 is 1.36 bits per heavy atom. The number of nitrogens with zero attached hydrogens (tertiary/aromatic N) is 1. The molecule has 0 saturated carbocycles. The summed E-state index contributed by atoms with van der Waals surface area (Å²) in [6.45, 7) is 4.67. The molecule has 1 aromatic heterocycles. The minimum Gasteiger partial charge on any atom is -0.496 e. The second-order valence-electron chi connectivity index (χ2n) is 9.60. The highest BCUT2D eigenvalue weighted by Crippen LogP contribution is 2.56. The Kier molecular flexibility index (Phi) is 3.57. The molecule has 0 saturated heterocycles. The van der Waals surface area contributed by atoms with Gasteiger partial charge in [-0.25, -0.2) is 0 Å². The molecule has 33 heavy (non-hydrogen) atoms. The van der Waals surface area contributed by atoms with Crippen LogP contribution in [0.1, 0.15) is 25.0 Å². The van der Waals surface area contributed by atoms with Crippen LogP contribution in [-0.4, -0.2) is 12.1 Å². The predicted molar refractivity (Wildman–Crippen MR) is 138 cm³/mol. The molecule has 0 aliphatic heterocycles. The van der Waals surface area contributed by atoms with E-state index in [1.807, 2.05) is 6.20 Å². The van der Waals surface area contributed by atoms with Crippen molar-refractivity contribution in [2.45, 2.75) is 19.3 Å². The van der Waals surface area contributed by atoms with Crippen molar-refractivity contribution >= 4 is 43.1 Å². The highest BCUT2D eigenvalue weighted by molar-refractivity contribution is 6.14. The molecular formula is C31H23NO. The Hall–Kier alpha value is -3.91. The molecule has 0 atom stereocenters. The second-order valence-corrected chi connectivity index (χ2v) is 9.60. The summed E-state index contributed by atoms with van der Waals surface area (Å²) in [6, 6.07) is 28.5. The molecular weight excluding hydrogens is 402 g/mol. The van der Waals surface area contributed by atoms with E-state index in [0.29, 0.717) is 0 Å². The van der Waals surface area contributed by atoms with Crippen molar-refractivity contribution in [2.24, 2.45) is 0 Å². The zero-order valence-electron chi connectivity index (χ0n) is 18.9. The van der Waals surface area contributed by atoms with Gasteiger partial charge in [-0.05, 0) is 67.0 Å². The summed E-state index contributed by atoms with van der Waals surface area (Å²) in [5.74, 6) is 0.897. The summed E-state index contributed by atoms with van der Waals surface area (Å²) in [5.41, 5.74) is 4.57. The van der Waals surface area contributed by atoms with Crippen LogP contribution in [0.15, 0.2) is 85.1 Å². The number of pyridine rings is 1. The number of aromatic nitrogens is 1. The highest BCUT2D eigenvalue weighted by atomic mass is 16.5. The van der Waals surface area contributed by atoms with Crippen LogP contribution in [0.2, 0.25) is 0 Å². The standard InChI is InChI=1S/C31H23NO/c1-31(2)28-23-13-12-18-8-6-7-11-22(18)25(23)16-26(33-3)27(28)30-29(31)24-15-20-10-5-4-9-19(20)14-21(24)17-32-30/h4-17H,1-3H3. The van der Waals surface area contributed by atoms with E-state index in [1.165, 1.54) is 54.2 Å². The topological polar surface area (TPSA) is 22.1 Å². The minimum absolute atomic E-state index is 0.213. The monoisotopic (exact) mass is 425 g/mol. The van der Waals surface area contributed by atoms with E-state index in [1.54, 1.807) is 7.11 Å². The average Bonchev–Trinajstić information content (AvgIpc) is 3.09. The van der Waals surface area contributed by atoms with Crippen molar-refractivity contribution in [1.29, 1.82) is 0 Å². The molecule has 5 aromatic carbocycles. The van der Waals surface area contributed by atoms with E-state index in [4.69, 9.17) is 9.72 Å². The molecule has 0 bridgehead atoms. The van der Waals surface area contributed by atoms with Crippen LogP contribution in [0.3, 0.4) is 0 Å². The molecule has 0 unspecified atom stereocenters. The first-order chi connectivity index (χ1) is 16.1. The first-order valence-corrected chi connectivity index (χ1v) is 11.4. The number of methoxy groups -OCH3 is 1. The van der Waals surface area contributed by atoms with E-state index in [9.17, 15) is 0 Å². The number of fused-ring (bicyclic) bond motifs is 10. The van der Waals surface area contributed by atoms with Gasteiger partial charge in [0.05, 0.1) is 12.8 Å². The van der Waals surface area contributed by atoms with Gasteiger partial charge in [0.1, 0.15) is 5.75 Å². The fraction of sp³-hybridized carbons (Fsp3) is 0.129. The number of hydrogen-bond acceptors (Lipinski definition) is 2. The zero-order chi connectivity index (χ0) is 22.3. The van der Waals surface area contributed by atoms with Crippen LogP contribution in [0.4, 0.5) is 0 Å². The van der Waals surface area contributed by atoms with Gasteiger partial charge in [0.25, 0.3) is 0 Å². The summed E-state index contributed by atoms with van der Waals surface area (Å²) >= 11 is 0. The van der Waals surface area contributed by atoms with Gasteiger partial charge < -0.3 is 4.74 Å². The number of benzene rings is 5. The van der Waals surface area contributed by atoms with Crippen LogP contribution in [0, 0.1) is 0 Å². The molecule has 0 fully saturated rings. The van der Waals surface area contributed by atoms with Crippen molar-refractivity contribution in [3.8, 4) is 17.0 Å². The molecule has 1 heterocycles. The zero-order valence-corrected chi connectivity index (χ0v) is 18.9. The molecule has 2 nitrogen and oxygen atoms in total. The summed E-state index contributed by atoms with van der Waals surface area (Å²) in [4.78, 5) is 5.03. The third-order valence-electron chi connectivity index (χ3n) is 7.48. The largest absolute Gasteiger partial charge is 0.496 e. The van der Waals surface area contributed by atoms with Gasteiger partial charge >= 0.3 is 0 Å². The van der Waals surface area contributed by atoms with Crippen LogP contribution in [-0.2, 0) is 5.41 Å². The summed E-state index contributed by atoms with van der Waals surface area (Å²) in [5, 5.41) is 9.98. The third kappa shape index (κ3) is 2.36. The van der Waals surface area contributed by atoms with Gasteiger partial charge in [0.15, 0.2) is 0 Å². The number of ether oxygens (including phenoxy) is 1. The SMILES string of the molecule is COc1cc2c(ccc3ccccc32)c2c1-c1ncc3cc4ccccc4cc3c1C2(C)C. The van der Waals surface area contributed by atoms with Gasteiger partial charge in [-0.15, -0.1) is 0 Å². The van der Waals surface area contributed by atoms with E-state index < -0.39 is 0 Å². The van der Waals surface area contributed by atoms with Gasteiger partial charge in [-0.3, -0.25) is 4.98 Å². The minimum atomic E-state index is -0.213. The molecule has 1 aliphatic carbocycles. The van der Waals surface area contributed by atoms with Crippen LogP contribution in [0.5, 0.6) is 5.75 Å². The van der Waals surface area contributed by atoms with Crippen molar-refractivity contribution < 1.29 is 4.74 Å². The van der Waals surface area contributed by atoms with Gasteiger partial charge in [-0.1, -0.05) is 74.5 Å². The van der Waals surface area contributed by atoms with Crippen molar-refractivity contribution in [3.05, 3.63) is 96.2 Å². The number of rotatable bonds is 1. The molecule has 0 amide bonds. The maximum atomic E-state index is 6.01. The average molecular weight is 426 g/mol. The quantitative estimate of drug-likeness (QED) is 0.197. The molecule has 0 spiro atoms. The Labute approximate surface area is 192 Å². The smallest absolute Gasteiger partial charge is 0.129 e. The van der Waals surface area contributed by atoms with Gasteiger partial charge in [0.2, 0.25) is 0 Å². The highest BCUT2D eigenvalue weighted by Gasteiger charge is 2.41. The fourth-order valence-corrected chi connectivity index (χ4v) is 6.03. The normalized spacial score (nSPS) is 14.2. The summed E-state index contributed by atoms with van der Waals surface area (Å²) < 4.78 is 6.01. The Balaban J connectivity index is 1.65. The molecule has 6 aromatic rings. The lowest BCUT2D eigenvalue weighted by Gasteiger charge is -2.25. The van der Waals surface area contributed by atoms with Crippen molar-refractivity contribution in [1.82, 2.24) is 4.98 Å². The van der Waals surface area contributed by atoms with Gasteiger partial charge in [-0.2, -0.15) is 0 Å².